The number of halogens is 1. The molecule has 0 aliphatic rings. The Kier molecular flexibility index (Phi) is 8.80. The van der Waals surface area contributed by atoms with Crippen LogP contribution < -0.4 is 14.8 Å². The zero-order valence-corrected chi connectivity index (χ0v) is 16.2. The second kappa shape index (κ2) is 11.1. The van der Waals surface area contributed by atoms with E-state index in [-0.39, 0.29) is 6.61 Å². The Bertz CT molecular complexity index is 634. The highest BCUT2D eigenvalue weighted by Crippen LogP contribution is 2.36. The van der Waals surface area contributed by atoms with E-state index in [9.17, 15) is 0 Å². The summed E-state index contributed by atoms with van der Waals surface area (Å²) in [6.07, 6.45) is 2.93. The van der Waals surface area contributed by atoms with Crippen LogP contribution in [0, 0.1) is 0 Å². The molecule has 25 heavy (non-hydrogen) atoms. The summed E-state index contributed by atoms with van der Waals surface area (Å²) in [5.41, 5.74) is 2.17. The maximum Gasteiger partial charge on any atom is 0.167 e. The van der Waals surface area contributed by atoms with Crippen LogP contribution in [-0.2, 0) is 13.2 Å². The minimum absolute atomic E-state index is 0.263. The van der Waals surface area contributed by atoms with Gasteiger partial charge in [-0.1, -0.05) is 46.3 Å². The van der Waals surface area contributed by atoms with Gasteiger partial charge in [-0.2, -0.15) is 0 Å². The second-order valence-corrected chi connectivity index (χ2v) is 6.65. The molecule has 0 aromatic heterocycles. The number of hydrogen-bond acceptors (Lipinski definition) is 4. The van der Waals surface area contributed by atoms with Gasteiger partial charge in [0, 0.05) is 23.2 Å². The standard InChI is InChI=1S/C20H26BrNO3/c1-24-19-11-10-18(21)17(14-22-12-6-3-7-13-23)20(19)25-15-16-8-4-2-5-9-16/h2,4-5,8-11,22-23H,3,6-7,12-15H2,1H3. The molecule has 0 aliphatic carbocycles. The largest absolute Gasteiger partial charge is 0.493 e. The molecule has 0 atom stereocenters. The number of rotatable bonds is 11. The Hall–Kier alpha value is -1.56. The smallest absolute Gasteiger partial charge is 0.167 e. The van der Waals surface area contributed by atoms with Crippen molar-refractivity contribution >= 4 is 15.9 Å². The normalized spacial score (nSPS) is 10.7. The van der Waals surface area contributed by atoms with E-state index in [0.29, 0.717) is 13.2 Å². The van der Waals surface area contributed by atoms with Crippen LogP contribution in [0.4, 0.5) is 0 Å². The van der Waals surface area contributed by atoms with Crippen LogP contribution in [0.5, 0.6) is 11.5 Å². The van der Waals surface area contributed by atoms with Gasteiger partial charge in [0.25, 0.3) is 0 Å². The molecular weight excluding hydrogens is 382 g/mol. The first kappa shape index (κ1) is 19.8. The maximum absolute atomic E-state index is 8.83. The molecule has 0 bridgehead atoms. The van der Waals surface area contributed by atoms with Crippen LogP contribution in [0.15, 0.2) is 46.9 Å². The topological polar surface area (TPSA) is 50.7 Å². The van der Waals surface area contributed by atoms with E-state index in [1.807, 2.05) is 42.5 Å². The first-order valence-corrected chi connectivity index (χ1v) is 9.39. The van der Waals surface area contributed by atoms with Gasteiger partial charge in [0.15, 0.2) is 11.5 Å². The summed E-state index contributed by atoms with van der Waals surface area (Å²) in [7, 11) is 1.66. The van der Waals surface area contributed by atoms with Crippen molar-refractivity contribution in [1.29, 1.82) is 0 Å². The molecule has 0 amide bonds. The molecule has 2 rings (SSSR count). The fourth-order valence-corrected chi connectivity index (χ4v) is 3.00. The number of unbranched alkanes of at least 4 members (excludes halogenated alkanes) is 2. The van der Waals surface area contributed by atoms with Gasteiger partial charge in [0.1, 0.15) is 6.61 Å². The minimum atomic E-state index is 0.263. The molecule has 0 saturated heterocycles. The van der Waals surface area contributed by atoms with Crippen LogP contribution >= 0.6 is 15.9 Å². The number of ether oxygens (including phenoxy) is 2. The summed E-state index contributed by atoms with van der Waals surface area (Å²) in [5, 5.41) is 12.3. The summed E-state index contributed by atoms with van der Waals surface area (Å²) < 4.78 is 12.6. The first-order valence-electron chi connectivity index (χ1n) is 8.60. The molecule has 0 aliphatic heterocycles. The third-order valence-electron chi connectivity index (χ3n) is 3.93. The van der Waals surface area contributed by atoms with Crippen molar-refractivity contribution in [3.8, 4) is 11.5 Å². The minimum Gasteiger partial charge on any atom is -0.493 e. The number of methoxy groups -OCH3 is 1. The summed E-state index contributed by atoms with van der Waals surface area (Å²) in [5.74, 6) is 1.50. The molecule has 0 fully saturated rings. The number of aliphatic hydroxyl groups excluding tert-OH is 1. The Balaban J connectivity index is 2.03. The third kappa shape index (κ3) is 6.34. The molecule has 4 nitrogen and oxygen atoms in total. The Morgan fingerprint density at radius 3 is 2.56 bits per heavy atom. The van der Waals surface area contributed by atoms with Crippen molar-refractivity contribution in [3.05, 3.63) is 58.1 Å². The molecule has 2 aromatic carbocycles. The summed E-state index contributed by atoms with van der Waals surface area (Å²) in [6.45, 7) is 2.36. The van der Waals surface area contributed by atoms with Crippen molar-refractivity contribution in [2.45, 2.75) is 32.4 Å². The molecular formula is C20H26BrNO3. The molecule has 0 saturated carbocycles. The summed E-state index contributed by atoms with van der Waals surface area (Å²) in [4.78, 5) is 0. The molecule has 136 valence electrons. The highest BCUT2D eigenvalue weighted by atomic mass is 79.9. The third-order valence-corrected chi connectivity index (χ3v) is 4.67. The quantitative estimate of drug-likeness (QED) is 0.545. The zero-order chi connectivity index (χ0) is 17.9. The van der Waals surface area contributed by atoms with Crippen molar-refractivity contribution in [3.63, 3.8) is 0 Å². The van der Waals surface area contributed by atoms with Crippen molar-refractivity contribution in [2.24, 2.45) is 0 Å². The molecule has 2 aromatic rings. The van der Waals surface area contributed by atoms with Gasteiger partial charge in [-0.15, -0.1) is 0 Å². The van der Waals surface area contributed by atoms with E-state index < -0.39 is 0 Å². The van der Waals surface area contributed by atoms with E-state index >= 15 is 0 Å². The first-order chi connectivity index (χ1) is 12.3. The average Bonchev–Trinajstić information content (AvgIpc) is 2.65. The average molecular weight is 408 g/mol. The molecule has 0 radical (unpaired) electrons. The van der Waals surface area contributed by atoms with Gasteiger partial charge < -0.3 is 19.9 Å². The van der Waals surface area contributed by atoms with Gasteiger partial charge in [-0.05, 0) is 43.5 Å². The molecule has 0 unspecified atom stereocenters. The Morgan fingerprint density at radius 1 is 1.04 bits per heavy atom. The Morgan fingerprint density at radius 2 is 1.84 bits per heavy atom. The summed E-state index contributed by atoms with van der Waals surface area (Å²) in [6, 6.07) is 14.0. The fraction of sp³-hybridized carbons (Fsp3) is 0.400. The van der Waals surface area contributed by atoms with Crippen molar-refractivity contribution < 1.29 is 14.6 Å². The van der Waals surface area contributed by atoms with Crippen molar-refractivity contribution in [2.75, 3.05) is 20.3 Å². The lowest BCUT2D eigenvalue weighted by Crippen LogP contribution is -2.16. The van der Waals surface area contributed by atoms with E-state index in [0.717, 1.165) is 52.9 Å². The molecule has 0 spiro atoms. The van der Waals surface area contributed by atoms with E-state index in [4.69, 9.17) is 14.6 Å². The van der Waals surface area contributed by atoms with Crippen LogP contribution in [0.1, 0.15) is 30.4 Å². The maximum atomic E-state index is 8.83. The zero-order valence-electron chi connectivity index (χ0n) is 14.6. The van der Waals surface area contributed by atoms with Gasteiger partial charge in [-0.25, -0.2) is 0 Å². The Labute approximate surface area is 158 Å². The lowest BCUT2D eigenvalue weighted by atomic mass is 10.1. The highest BCUT2D eigenvalue weighted by molar-refractivity contribution is 9.10. The van der Waals surface area contributed by atoms with Crippen LogP contribution in [0.25, 0.3) is 0 Å². The van der Waals surface area contributed by atoms with E-state index in [2.05, 4.69) is 21.2 Å². The number of nitrogens with one attached hydrogen (secondary N) is 1. The van der Waals surface area contributed by atoms with E-state index in [1.54, 1.807) is 7.11 Å². The van der Waals surface area contributed by atoms with E-state index in [1.165, 1.54) is 0 Å². The van der Waals surface area contributed by atoms with Crippen LogP contribution in [0.2, 0.25) is 0 Å². The number of aliphatic hydroxyl groups is 1. The summed E-state index contributed by atoms with van der Waals surface area (Å²) >= 11 is 3.62. The SMILES string of the molecule is COc1ccc(Br)c(CNCCCCCO)c1OCc1ccccc1. The highest BCUT2D eigenvalue weighted by Gasteiger charge is 2.14. The molecule has 5 heteroatoms. The number of hydrogen-bond donors (Lipinski definition) is 2. The van der Waals surface area contributed by atoms with Gasteiger partial charge in [0.05, 0.1) is 7.11 Å². The van der Waals surface area contributed by atoms with Gasteiger partial charge >= 0.3 is 0 Å². The molecule has 2 N–H and O–H groups in total. The fourth-order valence-electron chi connectivity index (χ4n) is 2.55. The lowest BCUT2D eigenvalue weighted by molar-refractivity contribution is 0.279. The van der Waals surface area contributed by atoms with Crippen LogP contribution in [-0.4, -0.2) is 25.4 Å². The lowest BCUT2D eigenvalue weighted by Gasteiger charge is -2.17. The van der Waals surface area contributed by atoms with Crippen LogP contribution in [0.3, 0.4) is 0 Å². The predicted molar refractivity (Wildman–Crippen MR) is 104 cm³/mol. The second-order valence-electron chi connectivity index (χ2n) is 5.79. The monoisotopic (exact) mass is 407 g/mol. The van der Waals surface area contributed by atoms with Gasteiger partial charge in [-0.3, -0.25) is 0 Å². The molecule has 0 heterocycles. The van der Waals surface area contributed by atoms with Gasteiger partial charge in [0.2, 0.25) is 0 Å². The number of benzene rings is 2. The van der Waals surface area contributed by atoms with Crippen molar-refractivity contribution in [1.82, 2.24) is 5.32 Å². The predicted octanol–water partition coefficient (Wildman–Crippen LogP) is 4.29.